The number of amides is 1. The Kier molecular flexibility index (Phi) is 5.89. The van der Waals surface area contributed by atoms with Gasteiger partial charge in [0.15, 0.2) is 11.5 Å². The SMILES string of the molecule is COc1cc2ccc(/C=C/C(=O)N3CCC(C)CC3)cc2c(OC)c1OC. The second-order valence-electron chi connectivity index (χ2n) is 6.97. The number of rotatable bonds is 5. The first-order valence-corrected chi connectivity index (χ1v) is 9.27. The van der Waals surface area contributed by atoms with Crippen LogP contribution in [0.3, 0.4) is 0 Å². The second kappa shape index (κ2) is 8.33. The quantitative estimate of drug-likeness (QED) is 0.744. The van der Waals surface area contributed by atoms with Crippen LogP contribution in [0.15, 0.2) is 30.3 Å². The minimum atomic E-state index is 0.0706. The fraction of sp³-hybridized carbons (Fsp3) is 0.409. The van der Waals surface area contributed by atoms with E-state index in [1.165, 1.54) is 0 Å². The maximum Gasteiger partial charge on any atom is 0.246 e. The molecule has 1 amide bonds. The number of piperidine rings is 1. The number of fused-ring (bicyclic) bond motifs is 1. The molecule has 1 fully saturated rings. The third kappa shape index (κ3) is 4.02. The van der Waals surface area contributed by atoms with E-state index in [4.69, 9.17) is 14.2 Å². The lowest BCUT2D eigenvalue weighted by Crippen LogP contribution is -2.36. The standard InChI is InChI=1S/C22H27NO4/c1-15-9-11-23(12-10-15)20(24)8-6-16-5-7-17-14-19(25-2)22(27-4)21(26-3)18(17)13-16/h5-8,13-15H,9-12H2,1-4H3/b8-6+. The molecule has 3 rings (SSSR count). The molecular formula is C22H27NO4. The number of hydrogen-bond acceptors (Lipinski definition) is 4. The molecule has 0 atom stereocenters. The highest BCUT2D eigenvalue weighted by Gasteiger charge is 2.19. The summed E-state index contributed by atoms with van der Waals surface area (Å²) in [4.78, 5) is 14.3. The molecule has 5 nitrogen and oxygen atoms in total. The van der Waals surface area contributed by atoms with Gasteiger partial charge in [0.25, 0.3) is 0 Å². The molecule has 1 heterocycles. The summed E-state index contributed by atoms with van der Waals surface area (Å²) < 4.78 is 16.4. The minimum absolute atomic E-state index is 0.0706. The zero-order valence-electron chi connectivity index (χ0n) is 16.5. The van der Waals surface area contributed by atoms with Crippen molar-refractivity contribution in [1.29, 1.82) is 0 Å². The van der Waals surface area contributed by atoms with E-state index >= 15 is 0 Å². The number of hydrogen-bond donors (Lipinski definition) is 0. The molecule has 0 bridgehead atoms. The summed E-state index contributed by atoms with van der Waals surface area (Å²) in [6, 6.07) is 7.89. The molecule has 0 unspecified atom stereocenters. The van der Waals surface area contributed by atoms with Crippen molar-refractivity contribution in [2.24, 2.45) is 5.92 Å². The third-order valence-corrected chi connectivity index (χ3v) is 5.18. The number of carbonyl (C=O) groups is 1. The first kappa shape index (κ1) is 19.1. The van der Waals surface area contributed by atoms with E-state index in [9.17, 15) is 4.79 Å². The van der Waals surface area contributed by atoms with Gasteiger partial charge < -0.3 is 19.1 Å². The number of methoxy groups -OCH3 is 3. The molecule has 2 aromatic rings. The van der Waals surface area contributed by atoms with E-state index in [1.807, 2.05) is 35.2 Å². The van der Waals surface area contributed by atoms with Gasteiger partial charge in [0.05, 0.1) is 21.3 Å². The molecule has 1 aliphatic rings. The van der Waals surface area contributed by atoms with E-state index in [0.717, 1.165) is 42.3 Å². The van der Waals surface area contributed by atoms with Crippen LogP contribution in [-0.4, -0.2) is 45.2 Å². The molecule has 0 saturated carbocycles. The average Bonchev–Trinajstić information content (AvgIpc) is 2.70. The molecule has 1 saturated heterocycles. The number of ether oxygens (including phenoxy) is 3. The van der Waals surface area contributed by atoms with Crippen LogP contribution >= 0.6 is 0 Å². The summed E-state index contributed by atoms with van der Waals surface area (Å²) >= 11 is 0. The van der Waals surface area contributed by atoms with E-state index in [2.05, 4.69) is 6.92 Å². The van der Waals surface area contributed by atoms with Crippen LogP contribution < -0.4 is 14.2 Å². The van der Waals surface area contributed by atoms with Gasteiger partial charge in [-0.1, -0.05) is 19.1 Å². The van der Waals surface area contributed by atoms with Gasteiger partial charge >= 0.3 is 0 Å². The number of nitrogens with zero attached hydrogens (tertiary/aromatic N) is 1. The fourth-order valence-electron chi connectivity index (χ4n) is 3.49. The molecule has 0 N–H and O–H groups in total. The number of carbonyl (C=O) groups excluding carboxylic acids is 1. The zero-order chi connectivity index (χ0) is 19.4. The topological polar surface area (TPSA) is 48.0 Å². The predicted molar refractivity (Wildman–Crippen MR) is 108 cm³/mol. The second-order valence-corrected chi connectivity index (χ2v) is 6.97. The first-order valence-electron chi connectivity index (χ1n) is 9.27. The fourth-order valence-corrected chi connectivity index (χ4v) is 3.49. The van der Waals surface area contributed by atoms with Crippen molar-refractivity contribution in [1.82, 2.24) is 4.90 Å². The van der Waals surface area contributed by atoms with E-state index in [0.29, 0.717) is 23.2 Å². The Morgan fingerprint density at radius 1 is 1.04 bits per heavy atom. The van der Waals surface area contributed by atoms with Crippen molar-refractivity contribution >= 4 is 22.8 Å². The molecule has 27 heavy (non-hydrogen) atoms. The van der Waals surface area contributed by atoms with Crippen LogP contribution in [0.1, 0.15) is 25.3 Å². The highest BCUT2D eigenvalue weighted by Crippen LogP contribution is 2.43. The van der Waals surface area contributed by atoms with Crippen molar-refractivity contribution in [2.75, 3.05) is 34.4 Å². The third-order valence-electron chi connectivity index (χ3n) is 5.18. The Hall–Kier alpha value is -2.69. The lowest BCUT2D eigenvalue weighted by atomic mass is 9.99. The Morgan fingerprint density at radius 3 is 2.37 bits per heavy atom. The van der Waals surface area contributed by atoms with Crippen molar-refractivity contribution in [3.05, 3.63) is 35.9 Å². The van der Waals surface area contributed by atoms with Gasteiger partial charge in [0.2, 0.25) is 11.7 Å². The van der Waals surface area contributed by atoms with Crippen molar-refractivity contribution in [2.45, 2.75) is 19.8 Å². The minimum Gasteiger partial charge on any atom is -0.493 e. The van der Waals surface area contributed by atoms with Gasteiger partial charge in [-0.25, -0.2) is 0 Å². The van der Waals surface area contributed by atoms with Gasteiger partial charge in [-0.2, -0.15) is 0 Å². The van der Waals surface area contributed by atoms with E-state index < -0.39 is 0 Å². The van der Waals surface area contributed by atoms with Crippen LogP contribution in [0.25, 0.3) is 16.8 Å². The molecule has 0 aliphatic carbocycles. The van der Waals surface area contributed by atoms with Crippen molar-refractivity contribution in [3.8, 4) is 17.2 Å². The Morgan fingerprint density at radius 2 is 1.74 bits per heavy atom. The summed E-state index contributed by atoms with van der Waals surface area (Å²) in [7, 11) is 4.81. The van der Waals surface area contributed by atoms with Crippen LogP contribution in [0, 0.1) is 5.92 Å². The molecule has 0 spiro atoms. The molecule has 0 radical (unpaired) electrons. The number of likely N-dealkylation sites (tertiary alicyclic amines) is 1. The van der Waals surface area contributed by atoms with E-state index in [1.54, 1.807) is 27.4 Å². The van der Waals surface area contributed by atoms with Crippen LogP contribution in [-0.2, 0) is 4.79 Å². The molecule has 144 valence electrons. The largest absolute Gasteiger partial charge is 0.493 e. The lowest BCUT2D eigenvalue weighted by molar-refractivity contribution is -0.127. The molecule has 1 aliphatic heterocycles. The highest BCUT2D eigenvalue weighted by atomic mass is 16.5. The summed E-state index contributed by atoms with van der Waals surface area (Å²) in [5.41, 5.74) is 0.937. The van der Waals surface area contributed by atoms with Crippen LogP contribution in [0.5, 0.6) is 17.2 Å². The monoisotopic (exact) mass is 369 g/mol. The molecular weight excluding hydrogens is 342 g/mol. The number of benzene rings is 2. The normalized spacial score (nSPS) is 15.3. The summed E-state index contributed by atoms with van der Waals surface area (Å²) in [6.45, 7) is 3.92. The Bertz CT molecular complexity index is 851. The van der Waals surface area contributed by atoms with E-state index in [-0.39, 0.29) is 5.91 Å². The van der Waals surface area contributed by atoms with Gasteiger partial charge in [-0.3, -0.25) is 4.79 Å². The van der Waals surface area contributed by atoms with Gasteiger partial charge in [-0.15, -0.1) is 0 Å². The lowest BCUT2D eigenvalue weighted by Gasteiger charge is -2.29. The first-order chi connectivity index (χ1) is 13.1. The smallest absolute Gasteiger partial charge is 0.246 e. The maximum atomic E-state index is 12.4. The van der Waals surface area contributed by atoms with Gasteiger partial charge in [0.1, 0.15) is 0 Å². The van der Waals surface area contributed by atoms with Gasteiger partial charge in [0, 0.05) is 24.6 Å². The zero-order valence-corrected chi connectivity index (χ0v) is 16.5. The van der Waals surface area contributed by atoms with Crippen molar-refractivity contribution in [3.63, 3.8) is 0 Å². The maximum absolute atomic E-state index is 12.4. The highest BCUT2D eigenvalue weighted by molar-refractivity contribution is 5.96. The summed E-state index contributed by atoms with van der Waals surface area (Å²) in [5, 5.41) is 1.90. The Balaban J connectivity index is 1.88. The molecule has 2 aromatic carbocycles. The molecule has 0 aromatic heterocycles. The van der Waals surface area contributed by atoms with Crippen LogP contribution in [0.2, 0.25) is 0 Å². The molecule has 5 heteroatoms. The Labute approximate surface area is 160 Å². The average molecular weight is 369 g/mol. The predicted octanol–water partition coefficient (Wildman–Crippen LogP) is 4.14. The summed E-state index contributed by atoms with van der Waals surface area (Å²) in [5.74, 6) is 2.59. The van der Waals surface area contributed by atoms with Gasteiger partial charge in [-0.05, 0) is 47.9 Å². The summed E-state index contributed by atoms with van der Waals surface area (Å²) in [6.07, 6.45) is 5.67. The van der Waals surface area contributed by atoms with Crippen molar-refractivity contribution < 1.29 is 19.0 Å². The van der Waals surface area contributed by atoms with Crippen LogP contribution in [0.4, 0.5) is 0 Å².